The van der Waals surface area contributed by atoms with Crippen molar-refractivity contribution in [1.82, 2.24) is 15.2 Å². The van der Waals surface area contributed by atoms with Gasteiger partial charge >= 0.3 is 5.97 Å². The van der Waals surface area contributed by atoms with Gasteiger partial charge in [-0.05, 0) is 44.0 Å². The Balaban J connectivity index is 1.56. The van der Waals surface area contributed by atoms with Gasteiger partial charge in [-0.15, -0.1) is 0 Å². The van der Waals surface area contributed by atoms with E-state index in [0.29, 0.717) is 18.9 Å². The second kappa shape index (κ2) is 10.0. The first kappa shape index (κ1) is 20.8. The van der Waals surface area contributed by atoms with E-state index in [1.165, 1.54) is 19.2 Å². The van der Waals surface area contributed by atoms with Crippen molar-refractivity contribution in [2.24, 2.45) is 10.9 Å². The summed E-state index contributed by atoms with van der Waals surface area (Å²) < 4.78 is 23.4. The number of hydrogen-bond donors (Lipinski definition) is 1. The van der Waals surface area contributed by atoms with Crippen molar-refractivity contribution in [2.45, 2.75) is 26.2 Å². The Morgan fingerprint density at radius 3 is 2.72 bits per heavy atom. The van der Waals surface area contributed by atoms with Crippen LogP contribution in [0.4, 0.5) is 4.39 Å². The highest BCUT2D eigenvalue weighted by molar-refractivity contribution is 5.80. The normalized spacial score (nSPS) is 15.4. The van der Waals surface area contributed by atoms with E-state index in [4.69, 9.17) is 14.1 Å². The van der Waals surface area contributed by atoms with Crippen LogP contribution in [0.5, 0.6) is 0 Å². The van der Waals surface area contributed by atoms with Crippen LogP contribution >= 0.6 is 0 Å². The summed E-state index contributed by atoms with van der Waals surface area (Å²) in [4.78, 5) is 23.0. The topological polar surface area (TPSA) is 80.0 Å². The SMILES string of the molecule is CCNC(=NCCc1coc(-c2ccc(F)cc2)n1)N1CCC(C(=O)OC)CC1. The second-order valence-electron chi connectivity index (χ2n) is 6.92. The van der Waals surface area contributed by atoms with Gasteiger partial charge in [-0.25, -0.2) is 9.37 Å². The molecule has 1 aromatic heterocycles. The third-order valence-electron chi connectivity index (χ3n) is 4.94. The van der Waals surface area contributed by atoms with Crippen LogP contribution in [0, 0.1) is 11.7 Å². The van der Waals surface area contributed by atoms with E-state index >= 15 is 0 Å². The lowest BCUT2D eigenvalue weighted by atomic mass is 9.97. The summed E-state index contributed by atoms with van der Waals surface area (Å²) in [6.07, 6.45) is 3.78. The molecule has 2 aromatic rings. The average molecular weight is 402 g/mol. The third-order valence-corrected chi connectivity index (χ3v) is 4.94. The number of oxazole rings is 1. The number of aliphatic imine (C=N–C) groups is 1. The molecule has 1 saturated heterocycles. The smallest absolute Gasteiger partial charge is 0.308 e. The Hall–Kier alpha value is -2.90. The number of rotatable bonds is 6. The molecule has 0 spiro atoms. The minimum Gasteiger partial charge on any atom is -0.469 e. The van der Waals surface area contributed by atoms with Gasteiger partial charge in [-0.2, -0.15) is 0 Å². The summed E-state index contributed by atoms with van der Waals surface area (Å²) in [7, 11) is 1.44. The van der Waals surface area contributed by atoms with Gasteiger partial charge in [0.05, 0.1) is 18.7 Å². The predicted octanol–water partition coefficient (Wildman–Crippen LogP) is 2.87. The highest BCUT2D eigenvalue weighted by Gasteiger charge is 2.26. The van der Waals surface area contributed by atoms with Crippen LogP contribution in [-0.4, -0.2) is 55.1 Å². The van der Waals surface area contributed by atoms with Crippen LogP contribution in [0.25, 0.3) is 11.5 Å². The molecule has 0 bridgehead atoms. The highest BCUT2D eigenvalue weighted by Crippen LogP contribution is 2.20. The molecule has 3 rings (SSSR count). The number of esters is 1. The number of hydrogen-bond acceptors (Lipinski definition) is 5. The lowest BCUT2D eigenvalue weighted by Gasteiger charge is -2.33. The van der Waals surface area contributed by atoms with Crippen LogP contribution in [0.15, 0.2) is 39.9 Å². The van der Waals surface area contributed by atoms with Crippen LogP contribution in [0.3, 0.4) is 0 Å². The van der Waals surface area contributed by atoms with Crippen molar-refractivity contribution >= 4 is 11.9 Å². The number of ether oxygens (including phenoxy) is 1. The average Bonchev–Trinajstić information content (AvgIpc) is 3.22. The van der Waals surface area contributed by atoms with Gasteiger partial charge in [0, 0.05) is 38.2 Å². The zero-order valence-corrected chi connectivity index (χ0v) is 16.9. The van der Waals surface area contributed by atoms with Gasteiger partial charge < -0.3 is 19.4 Å². The minimum absolute atomic E-state index is 0.0286. The van der Waals surface area contributed by atoms with Gasteiger partial charge in [-0.1, -0.05) is 0 Å². The molecule has 0 unspecified atom stereocenters. The minimum atomic E-state index is -0.290. The number of benzene rings is 1. The number of nitrogens with zero attached hydrogens (tertiary/aromatic N) is 3. The Bertz CT molecular complexity index is 827. The van der Waals surface area contributed by atoms with E-state index in [2.05, 4.69) is 15.2 Å². The van der Waals surface area contributed by atoms with Crippen molar-refractivity contribution < 1.29 is 18.3 Å². The molecule has 0 aliphatic carbocycles. The first-order chi connectivity index (χ1) is 14.1. The molecule has 7 nitrogen and oxygen atoms in total. The molecule has 1 aliphatic rings. The maximum atomic E-state index is 13.0. The predicted molar refractivity (Wildman–Crippen MR) is 108 cm³/mol. The molecular formula is C21H27FN4O3. The zero-order chi connectivity index (χ0) is 20.6. The molecular weight excluding hydrogens is 375 g/mol. The number of methoxy groups -OCH3 is 1. The number of nitrogens with one attached hydrogen (secondary N) is 1. The van der Waals surface area contributed by atoms with Crippen LogP contribution < -0.4 is 5.32 Å². The summed E-state index contributed by atoms with van der Waals surface area (Å²) in [6, 6.07) is 6.06. The number of piperidine rings is 1. The monoisotopic (exact) mass is 402 g/mol. The Labute approximate surface area is 170 Å². The van der Waals surface area contributed by atoms with Crippen molar-refractivity contribution in [2.75, 3.05) is 33.3 Å². The summed E-state index contributed by atoms with van der Waals surface area (Å²) in [5, 5.41) is 3.31. The maximum Gasteiger partial charge on any atom is 0.308 e. The van der Waals surface area contributed by atoms with Gasteiger partial charge in [-0.3, -0.25) is 9.79 Å². The van der Waals surface area contributed by atoms with Crippen LogP contribution in [0.2, 0.25) is 0 Å². The van der Waals surface area contributed by atoms with E-state index in [1.54, 1.807) is 18.4 Å². The summed E-state index contributed by atoms with van der Waals surface area (Å²) in [5.74, 6) is 0.869. The van der Waals surface area contributed by atoms with Crippen LogP contribution in [-0.2, 0) is 16.0 Å². The molecule has 0 saturated carbocycles. The summed E-state index contributed by atoms with van der Waals surface area (Å²) >= 11 is 0. The first-order valence-electron chi connectivity index (χ1n) is 9.92. The number of aromatic nitrogens is 1. The third kappa shape index (κ3) is 5.56. The fourth-order valence-electron chi connectivity index (χ4n) is 3.34. The maximum absolute atomic E-state index is 13.0. The van der Waals surface area contributed by atoms with E-state index in [0.717, 1.165) is 49.7 Å². The standard InChI is InChI=1S/C21H27FN4O3/c1-3-23-21(26-12-9-16(10-13-26)20(27)28-2)24-11-8-18-14-29-19(25-18)15-4-6-17(22)7-5-15/h4-7,14,16H,3,8-13H2,1-2H3,(H,23,24). The molecule has 0 radical (unpaired) electrons. The van der Waals surface area contributed by atoms with Crippen LogP contribution in [0.1, 0.15) is 25.5 Å². The van der Waals surface area contributed by atoms with Gasteiger partial charge in [0.2, 0.25) is 5.89 Å². The number of carbonyl (C=O) groups excluding carboxylic acids is 1. The van der Waals surface area contributed by atoms with Gasteiger partial charge in [0.1, 0.15) is 12.1 Å². The lowest BCUT2D eigenvalue weighted by molar-refractivity contribution is -0.146. The molecule has 8 heteroatoms. The van der Waals surface area contributed by atoms with E-state index in [9.17, 15) is 9.18 Å². The Kier molecular flexibility index (Phi) is 7.21. The fourth-order valence-corrected chi connectivity index (χ4v) is 3.34. The number of guanidine groups is 1. The Morgan fingerprint density at radius 1 is 1.34 bits per heavy atom. The molecule has 1 aliphatic heterocycles. The van der Waals surface area contributed by atoms with Crippen molar-refractivity contribution in [3.63, 3.8) is 0 Å². The number of likely N-dealkylation sites (tertiary alicyclic amines) is 1. The first-order valence-corrected chi connectivity index (χ1v) is 9.92. The lowest BCUT2D eigenvalue weighted by Crippen LogP contribution is -2.46. The molecule has 1 fully saturated rings. The number of halogens is 1. The zero-order valence-electron chi connectivity index (χ0n) is 16.9. The summed E-state index contributed by atoms with van der Waals surface area (Å²) in [6.45, 7) is 4.90. The quantitative estimate of drug-likeness (QED) is 0.455. The largest absolute Gasteiger partial charge is 0.469 e. The highest BCUT2D eigenvalue weighted by atomic mass is 19.1. The van der Waals surface area contributed by atoms with Crippen molar-refractivity contribution in [1.29, 1.82) is 0 Å². The van der Waals surface area contributed by atoms with E-state index < -0.39 is 0 Å². The molecule has 0 atom stereocenters. The number of carbonyl (C=O) groups is 1. The van der Waals surface area contributed by atoms with E-state index in [-0.39, 0.29) is 17.7 Å². The van der Waals surface area contributed by atoms with Crippen molar-refractivity contribution in [3.8, 4) is 11.5 Å². The summed E-state index contributed by atoms with van der Waals surface area (Å²) in [5.41, 5.74) is 1.54. The second-order valence-corrected chi connectivity index (χ2v) is 6.92. The molecule has 156 valence electrons. The van der Waals surface area contributed by atoms with Gasteiger partial charge in [0.25, 0.3) is 0 Å². The van der Waals surface area contributed by atoms with Gasteiger partial charge in [0.15, 0.2) is 5.96 Å². The Morgan fingerprint density at radius 2 is 2.07 bits per heavy atom. The molecule has 1 aromatic carbocycles. The molecule has 0 amide bonds. The molecule has 1 N–H and O–H groups in total. The molecule has 2 heterocycles. The van der Waals surface area contributed by atoms with Crippen molar-refractivity contribution in [3.05, 3.63) is 42.0 Å². The molecule has 29 heavy (non-hydrogen) atoms. The van der Waals surface area contributed by atoms with E-state index in [1.807, 2.05) is 6.92 Å². The fraction of sp³-hybridized carbons (Fsp3) is 0.476.